The van der Waals surface area contributed by atoms with Gasteiger partial charge in [-0.15, -0.1) is 4.40 Å². The molecule has 1 aromatic carbocycles. The molecule has 4 rings (SSSR count). The van der Waals surface area contributed by atoms with E-state index in [1.54, 1.807) is 30.3 Å². The van der Waals surface area contributed by atoms with Crippen molar-refractivity contribution < 1.29 is 22.4 Å². The number of carbonyl (C=O) groups is 1. The van der Waals surface area contributed by atoms with E-state index in [1.165, 1.54) is 6.26 Å². The lowest BCUT2D eigenvalue weighted by Gasteiger charge is -2.35. The zero-order chi connectivity index (χ0) is 18.9. The predicted molar refractivity (Wildman–Crippen MR) is 97.2 cm³/mol. The number of fused-ring (bicyclic) bond motifs is 1. The zero-order valence-electron chi connectivity index (χ0n) is 14.6. The summed E-state index contributed by atoms with van der Waals surface area (Å²) in [4.78, 5) is 16.2. The van der Waals surface area contributed by atoms with Gasteiger partial charge in [0.25, 0.3) is 10.0 Å². The second kappa shape index (κ2) is 7.16. The highest BCUT2D eigenvalue weighted by atomic mass is 32.2. The van der Waals surface area contributed by atoms with Crippen molar-refractivity contribution in [1.29, 1.82) is 0 Å². The maximum Gasteiger partial charge on any atom is 0.374 e. The zero-order valence-corrected chi connectivity index (χ0v) is 15.4. The summed E-state index contributed by atoms with van der Waals surface area (Å²) in [5.74, 6) is 0.245. The first-order chi connectivity index (χ1) is 13.0. The molecule has 2 aliphatic heterocycles. The molecule has 27 heavy (non-hydrogen) atoms. The van der Waals surface area contributed by atoms with Crippen molar-refractivity contribution in [3.8, 4) is 0 Å². The largest absolute Gasteiger partial charge is 0.458 e. The van der Waals surface area contributed by atoms with E-state index in [4.69, 9.17) is 9.15 Å². The molecule has 0 unspecified atom stereocenters. The van der Waals surface area contributed by atoms with Crippen LogP contribution in [0.25, 0.3) is 0 Å². The van der Waals surface area contributed by atoms with Gasteiger partial charge in [0.1, 0.15) is 11.5 Å². The van der Waals surface area contributed by atoms with Gasteiger partial charge in [-0.25, -0.2) is 4.79 Å². The minimum Gasteiger partial charge on any atom is -0.458 e. The van der Waals surface area contributed by atoms with Crippen molar-refractivity contribution in [3.05, 3.63) is 54.0 Å². The summed E-state index contributed by atoms with van der Waals surface area (Å²) in [7, 11) is -3.60. The van der Waals surface area contributed by atoms with Gasteiger partial charge in [0.15, 0.2) is 5.84 Å². The number of piperazine rings is 1. The second-order valence-electron chi connectivity index (χ2n) is 6.33. The highest BCUT2D eigenvalue weighted by molar-refractivity contribution is 7.90. The van der Waals surface area contributed by atoms with Crippen molar-refractivity contribution in [2.75, 3.05) is 39.3 Å². The Hall–Kier alpha value is -2.65. The first-order valence-electron chi connectivity index (χ1n) is 8.67. The molecule has 1 fully saturated rings. The Morgan fingerprint density at radius 1 is 1.11 bits per heavy atom. The number of ether oxygens (including phenoxy) is 1. The number of carbonyl (C=O) groups excluding carboxylic acids is 1. The lowest BCUT2D eigenvalue weighted by molar-refractivity contribution is 0.0408. The van der Waals surface area contributed by atoms with Gasteiger partial charge in [-0.3, -0.25) is 4.90 Å². The fourth-order valence-corrected chi connectivity index (χ4v) is 4.46. The van der Waals surface area contributed by atoms with Gasteiger partial charge in [0.05, 0.1) is 6.26 Å². The first kappa shape index (κ1) is 17.7. The minimum atomic E-state index is -3.60. The summed E-state index contributed by atoms with van der Waals surface area (Å²) in [5, 5.41) is 0. The molecule has 3 heterocycles. The number of amidine groups is 1. The number of rotatable bonds is 4. The molecule has 0 radical (unpaired) electrons. The third-order valence-electron chi connectivity index (χ3n) is 4.65. The summed E-state index contributed by atoms with van der Waals surface area (Å²) >= 11 is 0. The van der Waals surface area contributed by atoms with Crippen molar-refractivity contribution in [1.82, 2.24) is 9.80 Å². The lowest BCUT2D eigenvalue weighted by atomic mass is 10.1. The van der Waals surface area contributed by atoms with Crippen LogP contribution in [0.1, 0.15) is 16.1 Å². The standard InChI is InChI=1S/C18H19N3O5S/c22-18(15-5-3-12-25-15)26-13-11-20-7-9-21(10-8-20)17-14-4-1-2-6-16(14)27(23,24)19-17/h1-6,12H,7-11,13H2. The van der Waals surface area contributed by atoms with Crippen molar-refractivity contribution in [2.45, 2.75) is 4.90 Å². The highest BCUT2D eigenvalue weighted by Gasteiger charge is 2.32. The molecule has 9 heteroatoms. The topological polar surface area (TPSA) is 92.4 Å². The Balaban J connectivity index is 1.30. The fraction of sp³-hybridized carbons (Fsp3) is 0.333. The second-order valence-corrected chi connectivity index (χ2v) is 7.90. The average molecular weight is 389 g/mol. The number of sulfonamides is 1. The number of esters is 1. The smallest absolute Gasteiger partial charge is 0.374 e. The van der Waals surface area contributed by atoms with E-state index in [-0.39, 0.29) is 17.3 Å². The van der Waals surface area contributed by atoms with E-state index in [1.807, 2.05) is 11.0 Å². The van der Waals surface area contributed by atoms with E-state index in [9.17, 15) is 13.2 Å². The average Bonchev–Trinajstić information content (AvgIpc) is 3.30. The maximum atomic E-state index is 12.2. The molecule has 0 saturated carbocycles. The molecule has 8 nitrogen and oxygen atoms in total. The molecule has 1 saturated heterocycles. The Labute approximate surface area is 157 Å². The van der Waals surface area contributed by atoms with Gasteiger partial charge in [-0.05, 0) is 24.3 Å². The number of nitrogens with zero attached hydrogens (tertiary/aromatic N) is 3. The van der Waals surface area contributed by atoms with E-state index in [0.717, 1.165) is 13.1 Å². The van der Waals surface area contributed by atoms with Gasteiger partial charge < -0.3 is 14.1 Å². The third kappa shape index (κ3) is 3.60. The number of benzene rings is 1. The van der Waals surface area contributed by atoms with Gasteiger partial charge in [0, 0.05) is 38.3 Å². The molecular weight excluding hydrogens is 370 g/mol. The van der Waals surface area contributed by atoms with Crippen LogP contribution in [0.3, 0.4) is 0 Å². The number of furan rings is 1. The molecule has 142 valence electrons. The van der Waals surface area contributed by atoms with Crippen LogP contribution in [0, 0.1) is 0 Å². The molecule has 0 atom stereocenters. The Morgan fingerprint density at radius 3 is 2.63 bits per heavy atom. The van der Waals surface area contributed by atoms with Crippen LogP contribution < -0.4 is 0 Å². The van der Waals surface area contributed by atoms with E-state index in [2.05, 4.69) is 9.30 Å². The molecule has 0 amide bonds. The molecule has 0 aliphatic carbocycles. The van der Waals surface area contributed by atoms with E-state index >= 15 is 0 Å². The number of hydrogen-bond acceptors (Lipinski definition) is 7. The number of hydrogen-bond donors (Lipinski definition) is 0. The quantitative estimate of drug-likeness (QED) is 0.726. The fourth-order valence-electron chi connectivity index (χ4n) is 3.23. The van der Waals surface area contributed by atoms with Crippen LogP contribution >= 0.6 is 0 Å². The molecule has 2 aliphatic rings. The Morgan fingerprint density at radius 2 is 1.89 bits per heavy atom. The summed E-state index contributed by atoms with van der Waals surface area (Å²) in [6, 6.07) is 10.1. The summed E-state index contributed by atoms with van der Waals surface area (Å²) < 4.78 is 38.5. The highest BCUT2D eigenvalue weighted by Crippen LogP contribution is 2.27. The van der Waals surface area contributed by atoms with Crippen molar-refractivity contribution in [2.24, 2.45) is 4.40 Å². The maximum absolute atomic E-state index is 12.2. The van der Waals surface area contributed by atoms with Crippen LogP contribution in [-0.4, -0.2) is 69.4 Å². The predicted octanol–water partition coefficient (Wildman–Crippen LogP) is 1.20. The van der Waals surface area contributed by atoms with Crippen molar-refractivity contribution in [3.63, 3.8) is 0 Å². The van der Waals surface area contributed by atoms with Crippen molar-refractivity contribution >= 4 is 21.8 Å². The summed E-state index contributed by atoms with van der Waals surface area (Å²) in [6.07, 6.45) is 1.43. The van der Waals surface area contributed by atoms with Gasteiger partial charge in [-0.2, -0.15) is 8.42 Å². The van der Waals surface area contributed by atoms with Gasteiger partial charge in [0.2, 0.25) is 5.76 Å². The normalized spacial score (nSPS) is 18.8. The van der Waals surface area contributed by atoms with Crippen LogP contribution in [-0.2, 0) is 14.8 Å². The SMILES string of the molecule is O=C(OCCN1CCN(C2=NS(=O)(=O)c3ccccc32)CC1)c1ccco1. The molecule has 0 bridgehead atoms. The van der Waals surface area contributed by atoms with Gasteiger partial charge in [-0.1, -0.05) is 12.1 Å². The molecule has 2 aromatic rings. The van der Waals surface area contributed by atoms with Crippen LogP contribution in [0.15, 0.2) is 56.4 Å². The first-order valence-corrected chi connectivity index (χ1v) is 10.1. The molecule has 0 N–H and O–H groups in total. The molecule has 1 aromatic heterocycles. The summed E-state index contributed by atoms with van der Waals surface area (Å²) in [5.41, 5.74) is 0.665. The summed E-state index contributed by atoms with van der Waals surface area (Å²) in [6.45, 7) is 3.68. The Kier molecular flexibility index (Phi) is 4.71. The lowest BCUT2D eigenvalue weighted by Crippen LogP contribution is -2.49. The Bertz CT molecular complexity index is 961. The van der Waals surface area contributed by atoms with Gasteiger partial charge >= 0.3 is 5.97 Å². The third-order valence-corrected chi connectivity index (χ3v) is 5.97. The molecule has 0 spiro atoms. The molecular formula is C18H19N3O5S. The van der Waals surface area contributed by atoms with Crippen LogP contribution in [0.2, 0.25) is 0 Å². The minimum absolute atomic E-state index is 0.193. The van der Waals surface area contributed by atoms with Crippen LogP contribution in [0.5, 0.6) is 0 Å². The monoisotopic (exact) mass is 389 g/mol. The van der Waals surface area contributed by atoms with E-state index in [0.29, 0.717) is 31.0 Å². The van der Waals surface area contributed by atoms with Crippen LogP contribution in [0.4, 0.5) is 0 Å². The van der Waals surface area contributed by atoms with E-state index < -0.39 is 16.0 Å².